The first-order valence-electron chi connectivity index (χ1n) is 7.16. The van der Waals surface area contributed by atoms with Crippen molar-refractivity contribution in [3.63, 3.8) is 0 Å². The van der Waals surface area contributed by atoms with Gasteiger partial charge in [-0.3, -0.25) is 4.84 Å². The maximum absolute atomic E-state index is 12.7. The van der Waals surface area contributed by atoms with E-state index < -0.39 is 20.8 Å². The maximum atomic E-state index is 12.7. The predicted octanol–water partition coefficient (Wildman–Crippen LogP) is 1.70. The van der Waals surface area contributed by atoms with Crippen molar-refractivity contribution in [2.24, 2.45) is 0 Å². The summed E-state index contributed by atoms with van der Waals surface area (Å²) in [7, 11) is -0.163. The first kappa shape index (κ1) is 17.2. The van der Waals surface area contributed by atoms with Gasteiger partial charge in [0.25, 0.3) is 0 Å². The number of hydrogen-bond donors (Lipinski definition) is 1. The summed E-state index contributed by atoms with van der Waals surface area (Å²) >= 11 is 0. The van der Waals surface area contributed by atoms with E-state index >= 15 is 0 Å². The van der Waals surface area contributed by atoms with Crippen LogP contribution in [0.25, 0.3) is 0 Å². The molecule has 1 aliphatic heterocycles. The third-order valence-corrected chi connectivity index (χ3v) is 5.58. The van der Waals surface area contributed by atoms with Crippen LogP contribution in [0.4, 0.5) is 0 Å². The molecule has 1 fully saturated rings. The van der Waals surface area contributed by atoms with E-state index in [1.165, 1.54) is 0 Å². The summed E-state index contributed by atoms with van der Waals surface area (Å²) in [4.78, 5) is 5.47. The average molecular weight is 328 g/mol. The van der Waals surface area contributed by atoms with Gasteiger partial charge >= 0.3 is 0 Å². The van der Waals surface area contributed by atoms with Crippen LogP contribution in [0.2, 0.25) is 0 Å². The number of rotatable bonds is 4. The number of sulfonamides is 1. The SMILES string of the molecule is COc1ccc([C@@H]2[C@@H](S(=O)(=O)NC(C)(C)C)CON2C)cc1. The minimum Gasteiger partial charge on any atom is -0.497 e. The van der Waals surface area contributed by atoms with E-state index in [9.17, 15) is 8.42 Å². The topological polar surface area (TPSA) is 67.9 Å². The van der Waals surface area contributed by atoms with Crippen LogP contribution in [0, 0.1) is 0 Å². The predicted molar refractivity (Wildman–Crippen MR) is 85.0 cm³/mol. The van der Waals surface area contributed by atoms with Crippen LogP contribution < -0.4 is 9.46 Å². The third kappa shape index (κ3) is 3.78. The van der Waals surface area contributed by atoms with Crippen molar-refractivity contribution in [3.8, 4) is 5.75 Å². The highest BCUT2D eigenvalue weighted by Gasteiger charge is 2.44. The van der Waals surface area contributed by atoms with Crippen molar-refractivity contribution in [2.45, 2.75) is 37.6 Å². The second-order valence-electron chi connectivity index (χ2n) is 6.50. The monoisotopic (exact) mass is 328 g/mol. The lowest BCUT2D eigenvalue weighted by Gasteiger charge is -2.27. The van der Waals surface area contributed by atoms with Crippen molar-refractivity contribution in [3.05, 3.63) is 29.8 Å². The second-order valence-corrected chi connectivity index (χ2v) is 8.40. The normalized spacial score (nSPS) is 23.7. The van der Waals surface area contributed by atoms with Gasteiger partial charge < -0.3 is 4.74 Å². The molecule has 1 aromatic rings. The van der Waals surface area contributed by atoms with Crippen LogP contribution in [0.15, 0.2) is 24.3 Å². The highest BCUT2D eigenvalue weighted by atomic mass is 32.2. The molecular formula is C15H24N2O4S. The van der Waals surface area contributed by atoms with Gasteiger partial charge in [0, 0.05) is 12.6 Å². The quantitative estimate of drug-likeness (QED) is 0.911. The van der Waals surface area contributed by atoms with Crippen LogP contribution >= 0.6 is 0 Å². The molecule has 0 radical (unpaired) electrons. The van der Waals surface area contributed by atoms with E-state index in [1.54, 1.807) is 19.2 Å². The van der Waals surface area contributed by atoms with Crippen LogP contribution in [0.1, 0.15) is 32.4 Å². The molecule has 124 valence electrons. The summed E-state index contributed by atoms with van der Waals surface area (Å²) in [6.45, 7) is 5.62. The first-order chi connectivity index (χ1) is 10.1. The summed E-state index contributed by atoms with van der Waals surface area (Å²) < 4.78 is 33.2. The Morgan fingerprint density at radius 1 is 1.27 bits per heavy atom. The molecule has 1 saturated heterocycles. The van der Waals surface area contributed by atoms with Crippen molar-refractivity contribution in [2.75, 3.05) is 20.8 Å². The molecule has 1 aromatic carbocycles. The molecule has 1 N–H and O–H groups in total. The zero-order valence-electron chi connectivity index (χ0n) is 13.7. The maximum Gasteiger partial charge on any atom is 0.219 e. The van der Waals surface area contributed by atoms with E-state index in [0.717, 1.165) is 11.3 Å². The number of ether oxygens (including phenoxy) is 1. The highest BCUT2D eigenvalue weighted by Crippen LogP contribution is 2.34. The molecule has 1 aliphatic rings. The molecule has 0 saturated carbocycles. The standard InChI is InChI=1S/C15H24N2O4S/c1-15(2,3)16-22(18,19)13-10-21-17(4)14(13)11-6-8-12(20-5)9-7-11/h6-9,13-14,16H,10H2,1-5H3/t13-,14+/m0/s1. The van der Waals surface area contributed by atoms with E-state index in [0.29, 0.717) is 0 Å². The van der Waals surface area contributed by atoms with Crippen LogP contribution in [0.5, 0.6) is 5.75 Å². The molecule has 6 nitrogen and oxygen atoms in total. The highest BCUT2D eigenvalue weighted by molar-refractivity contribution is 7.90. The fourth-order valence-corrected chi connectivity index (χ4v) is 4.50. The summed E-state index contributed by atoms with van der Waals surface area (Å²) in [5.74, 6) is 0.734. The van der Waals surface area contributed by atoms with Gasteiger partial charge in [-0.05, 0) is 38.5 Å². The van der Waals surface area contributed by atoms with E-state index in [-0.39, 0.29) is 12.6 Å². The minimum atomic E-state index is -3.51. The van der Waals surface area contributed by atoms with E-state index in [2.05, 4.69) is 4.72 Å². The Morgan fingerprint density at radius 3 is 2.36 bits per heavy atom. The van der Waals surface area contributed by atoms with Gasteiger partial charge in [0.1, 0.15) is 11.0 Å². The Hall–Kier alpha value is -1.15. The molecule has 0 aliphatic carbocycles. The van der Waals surface area contributed by atoms with Crippen molar-refractivity contribution in [1.82, 2.24) is 9.79 Å². The number of benzene rings is 1. The van der Waals surface area contributed by atoms with Crippen molar-refractivity contribution >= 4 is 10.0 Å². The van der Waals surface area contributed by atoms with Gasteiger partial charge in [-0.1, -0.05) is 12.1 Å². The third-order valence-electron chi connectivity index (χ3n) is 3.49. The fraction of sp³-hybridized carbons (Fsp3) is 0.600. The Kier molecular flexibility index (Phi) is 4.81. The van der Waals surface area contributed by atoms with Gasteiger partial charge in [-0.2, -0.15) is 5.06 Å². The Bertz CT molecular complexity index is 607. The van der Waals surface area contributed by atoms with Gasteiger partial charge in [0.2, 0.25) is 10.0 Å². The Balaban J connectivity index is 2.31. The van der Waals surface area contributed by atoms with Gasteiger partial charge in [-0.15, -0.1) is 0 Å². The van der Waals surface area contributed by atoms with E-state index in [4.69, 9.17) is 9.57 Å². The minimum absolute atomic E-state index is 0.138. The molecule has 0 bridgehead atoms. The Labute approximate surface area is 132 Å². The molecule has 0 spiro atoms. The molecule has 7 heteroatoms. The van der Waals surface area contributed by atoms with Gasteiger partial charge in [0.05, 0.1) is 19.8 Å². The molecule has 1 heterocycles. The molecule has 2 rings (SSSR count). The molecule has 0 aromatic heterocycles. The largest absolute Gasteiger partial charge is 0.497 e. The number of hydrogen-bond acceptors (Lipinski definition) is 5. The second kappa shape index (κ2) is 6.16. The van der Waals surface area contributed by atoms with Crippen LogP contribution in [-0.4, -0.2) is 45.0 Å². The molecule has 22 heavy (non-hydrogen) atoms. The van der Waals surface area contributed by atoms with Crippen molar-refractivity contribution in [1.29, 1.82) is 0 Å². The van der Waals surface area contributed by atoms with E-state index in [1.807, 2.05) is 45.0 Å². The van der Waals surface area contributed by atoms with Crippen LogP contribution in [0.3, 0.4) is 0 Å². The summed E-state index contributed by atoms with van der Waals surface area (Å²) in [6.07, 6.45) is 0. The lowest BCUT2D eigenvalue weighted by atomic mass is 10.0. The molecule has 0 amide bonds. The number of hydroxylamine groups is 2. The lowest BCUT2D eigenvalue weighted by Crippen LogP contribution is -2.47. The summed E-state index contributed by atoms with van der Waals surface area (Å²) in [6, 6.07) is 7.03. The number of methoxy groups -OCH3 is 1. The number of nitrogens with zero attached hydrogens (tertiary/aromatic N) is 1. The molecule has 2 atom stereocenters. The van der Waals surface area contributed by atoms with Crippen molar-refractivity contribution < 1.29 is 18.0 Å². The Morgan fingerprint density at radius 2 is 1.86 bits per heavy atom. The zero-order valence-corrected chi connectivity index (χ0v) is 14.5. The summed E-state index contributed by atoms with van der Waals surface area (Å²) in [5.41, 5.74) is 0.356. The lowest BCUT2D eigenvalue weighted by molar-refractivity contribution is -0.110. The zero-order chi connectivity index (χ0) is 16.5. The van der Waals surface area contributed by atoms with Gasteiger partial charge in [0.15, 0.2) is 0 Å². The van der Waals surface area contributed by atoms with Crippen LogP contribution in [-0.2, 0) is 14.9 Å². The smallest absolute Gasteiger partial charge is 0.219 e. The fourth-order valence-electron chi connectivity index (χ4n) is 2.58. The number of nitrogens with one attached hydrogen (secondary N) is 1. The molecule has 0 unspecified atom stereocenters. The summed E-state index contributed by atoms with van der Waals surface area (Å²) in [5, 5.41) is 0.944. The molecular weight excluding hydrogens is 304 g/mol. The average Bonchev–Trinajstić information content (AvgIpc) is 2.79. The van der Waals surface area contributed by atoms with Gasteiger partial charge in [-0.25, -0.2) is 13.1 Å². The first-order valence-corrected chi connectivity index (χ1v) is 8.71.